The molecule has 6 heteroatoms. The van der Waals surface area contributed by atoms with Crippen LogP contribution in [0.2, 0.25) is 0 Å². The molecule has 0 aromatic heterocycles. The Kier molecular flexibility index (Phi) is 5.40. The van der Waals surface area contributed by atoms with Gasteiger partial charge >= 0.3 is 5.97 Å². The quantitative estimate of drug-likeness (QED) is 0.333. The standard InChI is InChI=1S/C12H24N4O2/c1-8(11(17)18)16(9(2)15-12(13)14)10-6-4-3-5-7-10/h8-10H,3-7H2,1-2H3,(H,17,18)(H4,13,14,15). The molecule has 104 valence electrons. The summed E-state index contributed by atoms with van der Waals surface area (Å²) in [6.07, 6.45) is 5.29. The lowest BCUT2D eigenvalue weighted by atomic mass is 9.93. The van der Waals surface area contributed by atoms with Crippen LogP contribution in [0, 0.1) is 5.41 Å². The van der Waals surface area contributed by atoms with Gasteiger partial charge in [0.2, 0.25) is 0 Å². The van der Waals surface area contributed by atoms with Gasteiger partial charge < -0.3 is 16.2 Å². The highest BCUT2D eigenvalue weighted by atomic mass is 16.4. The van der Waals surface area contributed by atoms with Crippen LogP contribution in [0.5, 0.6) is 0 Å². The molecule has 0 radical (unpaired) electrons. The summed E-state index contributed by atoms with van der Waals surface area (Å²) in [6, 6.07) is -0.318. The van der Waals surface area contributed by atoms with E-state index in [9.17, 15) is 9.90 Å². The fraction of sp³-hybridized carbons (Fsp3) is 0.833. The zero-order valence-corrected chi connectivity index (χ0v) is 11.1. The van der Waals surface area contributed by atoms with Crippen molar-refractivity contribution in [3.8, 4) is 0 Å². The van der Waals surface area contributed by atoms with Crippen LogP contribution < -0.4 is 11.1 Å². The lowest BCUT2D eigenvalue weighted by Crippen LogP contribution is -2.57. The topological polar surface area (TPSA) is 102 Å². The number of hydrogen-bond acceptors (Lipinski definition) is 3. The van der Waals surface area contributed by atoms with Gasteiger partial charge in [-0.05, 0) is 26.7 Å². The molecule has 1 aliphatic rings. The zero-order valence-electron chi connectivity index (χ0n) is 11.1. The normalized spacial score (nSPS) is 20.4. The second-order valence-corrected chi connectivity index (χ2v) is 4.99. The Morgan fingerprint density at radius 2 is 1.94 bits per heavy atom. The highest BCUT2D eigenvalue weighted by Gasteiger charge is 2.32. The summed E-state index contributed by atoms with van der Waals surface area (Å²) in [5.74, 6) is -0.960. The van der Waals surface area contributed by atoms with E-state index >= 15 is 0 Å². The molecular formula is C12H24N4O2. The van der Waals surface area contributed by atoms with Crippen LogP contribution in [0.3, 0.4) is 0 Å². The number of rotatable bonds is 5. The molecule has 1 saturated carbocycles. The van der Waals surface area contributed by atoms with Crippen LogP contribution in [0.4, 0.5) is 0 Å². The second-order valence-electron chi connectivity index (χ2n) is 4.99. The summed E-state index contributed by atoms with van der Waals surface area (Å²) in [5, 5.41) is 19.3. The van der Waals surface area contributed by atoms with Gasteiger partial charge in [0.1, 0.15) is 6.04 Å². The van der Waals surface area contributed by atoms with Crippen LogP contribution in [0.15, 0.2) is 0 Å². The van der Waals surface area contributed by atoms with Crippen LogP contribution in [0.25, 0.3) is 0 Å². The second kappa shape index (κ2) is 6.58. The summed E-state index contributed by atoms with van der Waals surface area (Å²) in [7, 11) is 0. The zero-order chi connectivity index (χ0) is 13.7. The third-order valence-corrected chi connectivity index (χ3v) is 3.61. The minimum Gasteiger partial charge on any atom is -0.480 e. The molecule has 0 heterocycles. The molecule has 18 heavy (non-hydrogen) atoms. The molecule has 0 amide bonds. The van der Waals surface area contributed by atoms with Crippen molar-refractivity contribution in [3.05, 3.63) is 0 Å². The van der Waals surface area contributed by atoms with Crippen molar-refractivity contribution in [1.29, 1.82) is 5.41 Å². The lowest BCUT2D eigenvalue weighted by Gasteiger charge is -2.41. The molecule has 2 unspecified atom stereocenters. The van der Waals surface area contributed by atoms with Gasteiger partial charge in [0.15, 0.2) is 5.96 Å². The van der Waals surface area contributed by atoms with Crippen molar-refractivity contribution < 1.29 is 9.90 Å². The maximum atomic E-state index is 11.2. The van der Waals surface area contributed by atoms with Gasteiger partial charge in [-0.15, -0.1) is 0 Å². The van der Waals surface area contributed by atoms with Gasteiger partial charge in [-0.1, -0.05) is 19.3 Å². The van der Waals surface area contributed by atoms with Crippen molar-refractivity contribution >= 4 is 11.9 Å². The summed E-state index contributed by atoms with van der Waals surface area (Å²) >= 11 is 0. The molecular weight excluding hydrogens is 232 g/mol. The van der Waals surface area contributed by atoms with Gasteiger partial charge in [0, 0.05) is 6.04 Å². The molecule has 0 spiro atoms. The molecule has 0 bridgehead atoms. The Morgan fingerprint density at radius 3 is 2.39 bits per heavy atom. The minimum atomic E-state index is -0.835. The van der Waals surface area contributed by atoms with E-state index < -0.39 is 12.0 Å². The predicted molar refractivity (Wildman–Crippen MR) is 70.3 cm³/mol. The summed E-state index contributed by atoms with van der Waals surface area (Å²) in [4.78, 5) is 13.2. The first kappa shape index (κ1) is 14.8. The first-order valence-corrected chi connectivity index (χ1v) is 6.54. The van der Waals surface area contributed by atoms with E-state index in [0.29, 0.717) is 0 Å². The Bertz CT molecular complexity index is 302. The number of hydrogen-bond donors (Lipinski definition) is 4. The maximum Gasteiger partial charge on any atom is 0.320 e. The first-order chi connectivity index (χ1) is 8.43. The Hall–Kier alpha value is -1.30. The minimum absolute atomic E-state index is 0.124. The molecule has 1 fully saturated rings. The average Bonchev–Trinajstić information content (AvgIpc) is 2.29. The molecule has 6 nitrogen and oxygen atoms in total. The predicted octanol–water partition coefficient (Wildman–Crippen LogP) is 0.923. The van der Waals surface area contributed by atoms with Crippen LogP contribution in [0.1, 0.15) is 46.0 Å². The van der Waals surface area contributed by atoms with E-state index in [-0.39, 0.29) is 18.2 Å². The Balaban J connectivity index is 2.78. The molecule has 1 rings (SSSR count). The van der Waals surface area contributed by atoms with E-state index in [1.54, 1.807) is 6.92 Å². The number of carbonyl (C=O) groups is 1. The fourth-order valence-electron chi connectivity index (χ4n) is 2.77. The smallest absolute Gasteiger partial charge is 0.320 e. The molecule has 2 atom stereocenters. The molecule has 5 N–H and O–H groups in total. The van der Waals surface area contributed by atoms with Crippen LogP contribution in [-0.4, -0.2) is 40.2 Å². The van der Waals surface area contributed by atoms with Crippen molar-refractivity contribution in [3.63, 3.8) is 0 Å². The number of carboxylic acid groups (broad SMARTS) is 1. The summed E-state index contributed by atoms with van der Waals surface area (Å²) < 4.78 is 0. The average molecular weight is 256 g/mol. The molecule has 0 saturated heterocycles. The van der Waals surface area contributed by atoms with Crippen LogP contribution in [-0.2, 0) is 4.79 Å². The maximum absolute atomic E-state index is 11.2. The monoisotopic (exact) mass is 256 g/mol. The highest BCUT2D eigenvalue weighted by molar-refractivity contribution is 5.75. The third kappa shape index (κ3) is 3.87. The highest BCUT2D eigenvalue weighted by Crippen LogP contribution is 2.25. The number of nitrogens with two attached hydrogens (primary N) is 1. The Labute approximate surface area is 108 Å². The molecule has 0 aromatic carbocycles. The first-order valence-electron chi connectivity index (χ1n) is 6.54. The Morgan fingerprint density at radius 1 is 1.39 bits per heavy atom. The van der Waals surface area contributed by atoms with Gasteiger partial charge in [-0.25, -0.2) is 0 Å². The molecule has 0 aliphatic heterocycles. The van der Waals surface area contributed by atoms with E-state index in [1.807, 2.05) is 11.8 Å². The number of carboxylic acids is 1. The summed E-state index contributed by atoms with van der Waals surface area (Å²) in [6.45, 7) is 3.55. The molecule has 0 aromatic rings. The molecule has 1 aliphatic carbocycles. The number of guanidine groups is 1. The van der Waals surface area contributed by atoms with Crippen LogP contribution >= 0.6 is 0 Å². The largest absolute Gasteiger partial charge is 0.480 e. The SMILES string of the molecule is CC(NC(=N)N)N(C1CCCCC1)C(C)C(=O)O. The number of aliphatic carboxylic acids is 1. The van der Waals surface area contributed by atoms with E-state index in [2.05, 4.69) is 5.32 Å². The summed E-state index contributed by atoms with van der Waals surface area (Å²) in [5.41, 5.74) is 5.34. The van der Waals surface area contributed by atoms with Crippen molar-refractivity contribution in [1.82, 2.24) is 10.2 Å². The number of nitrogens with zero attached hydrogens (tertiary/aromatic N) is 1. The van der Waals surface area contributed by atoms with E-state index in [4.69, 9.17) is 11.1 Å². The fourth-order valence-corrected chi connectivity index (χ4v) is 2.77. The van der Waals surface area contributed by atoms with Gasteiger partial charge in [0.05, 0.1) is 6.17 Å². The third-order valence-electron chi connectivity index (χ3n) is 3.61. The number of nitrogens with one attached hydrogen (secondary N) is 2. The van der Waals surface area contributed by atoms with Crippen molar-refractivity contribution in [2.45, 2.75) is 64.2 Å². The van der Waals surface area contributed by atoms with Gasteiger partial charge in [-0.3, -0.25) is 15.1 Å². The van der Waals surface area contributed by atoms with Gasteiger partial charge in [-0.2, -0.15) is 0 Å². The van der Waals surface area contributed by atoms with E-state index in [0.717, 1.165) is 25.7 Å². The van der Waals surface area contributed by atoms with E-state index in [1.165, 1.54) is 6.42 Å². The van der Waals surface area contributed by atoms with Crippen molar-refractivity contribution in [2.75, 3.05) is 0 Å². The van der Waals surface area contributed by atoms with Crippen molar-refractivity contribution in [2.24, 2.45) is 5.73 Å². The van der Waals surface area contributed by atoms with Gasteiger partial charge in [0.25, 0.3) is 0 Å². The lowest BCUT2D eigenvalue weighted by molar-refractivity contribution is -0.145.